The molecule has 2 heterocycles. The Labute approximate surface area is 150 Å². The van der Waals surface area contributed by atoms with Crippen molar-refractivity contribution in [2.45, 2.75) is 36.7 Å². The summed E-state index contributed by atoms with van der Waals surface area (Å²) >= 11 is 0. The molecule has 0 radical (unpaired) electrons. The Kier molecular flexibility index (Phi) is 5.09. The molecular weight excluding hydrogens is 368 g/mol. The van der Waals surface area contributed by atoms with Gasteiger partial charge in [-0.15, -0.1) is 0 Å². The molecule has 0 bridgehead atoms. The largest absolute Gasteiger partial charge is 0.375 e. The SMILES string of the molecule is COCc1nc(C2(C)CCCN(S(=O)(=O)c3ccc(F)cc3F)C2)no1. The fraction of sp³-hybridized carbons (Fsp3) is 0.500. The molecule has 10 heteroatoms. The molecule has 1 saturated heterocycles. The van der Waals surface area contributed by atoms with Crippen LogP contribution in [-0.4, -0.2) is 43.1 Å². The van der Waals surface area contributed by atoms with Gasteiger partial charge in [-0.2, -0.15) is 9.29 Å². The van der Waals surface area contributed by atoms with Crippen molar-refractivity contribution in [3.05, 3.63) is 41.5 Å². The Morgan fingerprint density at radius 2 is 2.15 bits per heavy atom. The zero-order valence-electron chi connectivity index (χ0n) is 14.4. The van der Waals surface area contributed by atoms with Gasteiger partial charge in [0.2, 0.25) is 10.0 Å². The minimum Gasteiger partial charge on any atom is -0.375 e. The average Bonchev–Trinajstić information content (AvgIpc) is 3.04. The van der Waals surface area contributed by atoms with Crippen molar-refractivity contribution >= 4 is 10.0 Å². The molecule has 1 unspecified atom stereocenters. The van der Waals surface area contributed by atoms with E-state index in [0.717, 1.165) is 12.1 Å². The maximum absolute atomic E-state index is 14.0. The molecule has 7 nitrogen and oxygen atoms in total. The highest BCUT2D eigenvalue weighted by atomic mass is 32.2. The number of aromatic nitrogens is 2. The van der Waals surface area contributed by atoms with Crippen molar-refractivity contribution in [1.29, 1.82) is 0 Å². The zero-order valence-corrected chi connectivity index (χ0v) is 15.2. The first kappa shape index (κ1) is 18.9. The predicted molar refractivity (Wildman–Crippen MR) is 86.7 cm³/mol. The number of hydrogen-bond donors (Lipinski definition) is 0. The number of benzene rings is 1. The minimum atomic E-state index is -4.11. The van der Waals surface area contributed by atoms with Crippen LogP contribution in [0.3, 0.4) is 0 Å². The number of rotatable bonds is 5. The Hall–Kier alpha value is -1.91. The molecule has 0 amide bonds. The summed E-state index contributed by atoms with van der Waals surface area (Å²) in [5.41, 5.74) is -0.683. The Morgan fingerprint density at radius 1 is 1.38 bits per heavy atom. The van der Waals surface area contributed by atoms with Crippen molar-refractivity contribution in [2.24, 2.45) is 0 Å². The van der Waals surface area contributed by atoms with E-state index < -0.39 is 32.0 Å². The molecule has 142 valence electrons. The van der Waals surface area contributed by atoms with Gasteiger partial charge in [-0.05, 0) is 25.0 Å². The molecule has 0 aliphatic carbocycles. The zero-order chi connectivity index (χ0) is 18.9. The number of nitrogens with zero attached hydrogens (tertiary/aromatic N) is 3. The van der Waals surface area contributed by atoms with Crippen molar-refractivity contribution in [3.8, 4) is 0 Å². The van der Waals surface area contributed by atoms with Crippen LogP contribution >= 0.6 is 0 Å². The van der Waals surface area contributed by atoms with E-state index in [4.69, 9.17) is 9.26 Å². The third-order valence-electron chi connectivity index (χ3n) is 4.45. The number of ether oxygens (including phenoxy) is 1. The smallest absolute Gasteiger partial charge is 0.252 e. The summed E-state index contributed by atoms with van der Waals surface area (Å²) in [7, 11) is -2.61. The van der Waals surface area contributed by atoms with Crippen LogP contribution < -0.4 is 0 Å². The van der Waals surface area contributed by atoms with Crippen LogP contribution in [0.25, 0.3) is 0 Å². The van der Waals surface area contributed by atoms with Crippen LogP contribution in [0.4, 0.5) is 8.78 Å². The molecule has 26 heavy (non-hydrogen) atoms. The van der Waals surface area contributed by atoms with E-state index in [0.29, 0.717) is 30.6 Å². The molecule has 0 saturated carbocycles. The summed E-state index contributed by atoms with van der Waals surface area (Å²) in [6.45, 7) is 2.29. The average molecular weight is 387 g/mol. The second-order valence-corrected chi connectivity index (χ2v) is 8.43. The van der Waals surface area contributed by atoms with Gasteiger partial charge >= 0.3 is 0 Å². The Bertz CT molecular complexity index is 903. The maximum atomic E-state index is 14.0. The molecule has 1 aliphatic heterocycles. The van der Waals surface area contributed by atoms with Crippen LogP contribution in [0, 0.1) is 11.6 Å². The van der Waals surface area contributed by atoms with E-state index in [2.05, 4.69) is 10.1 Å². The van der Waals surface area contributed by atoms with E-state index >= 15 is 0 Å². The first-order chi connectivity index (χ1) is 12.3. The van der Waals surface area contributed by atoms with E-state index in [-0.39, 0.29) is 19.7 Å². The molecule has 1 aromatic carbocycles. The number of sulfonamides is 1. The normalized spacial score (nSPS) is 21.8. The third-order valence-corrected chi connectivity index (χ3v) is 6.33. The van der Waals surface area contributed by atoms with E-state index in [9.17, 15) is 17.2 Å². The topological polar surface area (TPSA) is 85.5 Å². The second-order valence-electron chi connectivity index (χ2n) is 6.52. The lowest BCUT2D eigenvalue weighted by atomic mass is 9.82. The summed E-state index contributed by atoms with van der Waals surface area (Å²) in [6, 6.07) is 2.43. The molecule has 1 aromatic heterocycles. The van der Waals surface area contributed by atoms with Crippen LogP contribution in [0.15, 0.2) is 27.6 Å². The highest BCUT2D eigenvalue weighted by molar-refractivity contribution is 7.89. The quantitative estimate of drug-likeness (QED) is 0.782. The van der Waals surface area contributed by atoms with Crippen molar-refractivity contribution in [2.75, 3.05) is 20.2 Å². The van der Waals surface area contributed by atoms with Gasteiger partial charge in [0.25, 0.3) is 5.89 Å². The fourth-order valence-electron chi connectivity index (χ4n) is 3.09. The number of hydrogen-bond acceptors (Lipinski definition) is 6. The molecule has 1 aliphatic rings. The van der Waals surface area contributed by atoms with Gasteiger partial charge in [0.05, 0.1) is 0 Å². The first-order valence-corrected chi connectivity index (χ1v) is 9.47. The molecule has 3 rings (SSSR count). The summed E-state index contributed by atoms with van der Waals surface area (Å²) < 4.78 is 64.0. The molecular formula is C16H19F2N3O4S. The minimum absolute atomic E-state index is 0.0676. The van der Waals surface area contributed by atoms with E-state index in [1.807, 2.05) is 6.92 Å². The molecule has 0 N–H and O–H groups in total. The van der Waals surface area contributed by atoms with Gasteiger partial charge in [-0.3, -0.25) is 0 Å². The molecule has 0 spiro atoms. The van der Waals surface area contributed by atoms with E-state index in [1.54, 1.807) is 0 Å². The summed E-state index contributed by atoms with van der Waals surface area (Å²) in [4.78, 5) is 3.72. The van der Waals surface area contributed by atoms with Gasteiger partial charge in [0, 0.05) is 31.7 Å². The monoisotopic (exact) mass is 387 g/mol. The number of piperidine rings is 1. The standard InChI is InChI=1S/C16H19F2N3O4S/c1-16(15-19-14(9-24-2)25-20-15)6-3-7-21(10-16)26(22,23)13-5-4-11(17)8-12(13)18/h4-5,8H,3,6-7,9-10H2,1-2H3. The molecule has 1 atom stereocenters. The van der Waals surface area contributed by atoms with Crippen LogP contribution in [-0.2, 0) is 26.8 Å². The summed E-state index contributed by atoms with van der Waals surface area (Å²) in [5.74, 6) is -1.26. The number of methoxy groups -OCH3 is 1. The number of halogens is 2. The lowest BCUT2D eigenvalue weighted by Crippen LogP contribution is -2.47. The summed E-state index contributed by atoms with van der Waals surface area (Å²) in [5, 5.41) is 3.94. The van der Waals surface area contributed by atoms with Gasteiger partial charge in [0.15, 0.2) is 5.82 Å². The van der Waals surface area contributed by atoms with Gasteiger partial charge in [-0.1, -0.05) is 12.1 Å². The first-order valence-electron chi connectivity index (χ1n) is 8.03. The van der Waals surface area contributed by atoms with Gasteiger partial charge < -0.3 is 9.26 Å². The summed E-state index contributed by atoms with van der Waals surface area (Å²) in [6.07, 6.45) is 1.20. The highest BCUT2D eigenvalue weighted by Crippen LogP contribution is 2.35. The van der Waals surface area contributed by atoms with Gasteiger partial charge in [0.1, 0.15) is 23.1 Å². The molecule has 1 fully saturated rings. The van der Waals surface area contributed by atoms with Gasteiger partial charge in [-0.25, -0.2) is 17.2 Å². The lowest BCUT2D eigenvalue weighted by Gasteiger charge is -2.37. The second kappa shape index (κ2) is 7.01. The fourth-order valence-corrected chi connectivity index (χ4v) is 4.73. The van der Waals surface area contributed by atoms with Crippen LogP contribution in [0.2, 0.25) is 0 Å². The van der Waals surface area contributed by atoms with Crippen molar-refractivity contribution < 1.29 is 26.5 Å². The van der Waals surface area contributed by atoms with Crippen LogP contribution in [0.1, 0.15) is 31.5 Å². The van der Waals surface area contributed by atoms with E-state index in [1.165, 1.54) is 11.4 Å². The van der Waals surface area contributed by atoms with Crippen molar-refractivity contribution in [3.63, 3.8) is 0 Å². The maximum Gasteiger partial charge on any atom is 0.252 e. The third kappa shape index (κ3) is 3.49. The van der Waals surface area contributed by atoms with Crippen LogP contribution in [0.5, 0.6) is 0 Å². The Balaban J connectivity index is 1.89. The Morgan fingerprint density at radius 3 is 2.85 bits per heavy atom. The lowest BCUT2D eigenvalue weighted by molar-refractivity contribution is 0.151. The molecule has 2 aromatic rings. The predicted octanol–water partition coefficient (Wildman–Crippen LogP) is 2.24. The van der Waals surface area contributed by atoms with Crippen molar-refractivity contribution in [1.82, 2.24) is 14.4 Å². The highest BCUT2D eigenvalue weighted by Gasteiger charge is 2.41.